The largest absolute Gasteiger partial charge is 0.328 e. The summed E-state index contributed by atoms with van der Waals surface area (Å²) >= 11 is 10.9. The lowest BCUT2D eigenvalue weighted by Crippen LogP contribution is -2.31. The van der Waals surface area contributed by atoms with Crippen LogP contribution in [0.15, 0.2) is 69.4 Å². The lowest BCUT2D eigenvalue weighted by molar-refractivity contribution is -0.113. The van der Waals surface area contributed by atoms with Crippen LogP contribution in [0.1, 0.15) is 18.5 Å². The van der Waals surface area contributed by atoms with Gasteiger partial charge in [0.15, 0.2) is 0 Å². The van der Waals surface area contributed by atoms with Crippen LogP contribution < -0.4 is 10.6 Å². The molecule has 1 atom stereocenters. The van der Waals surface area contributed by atoms with Crippen molar-refractivity contribution in [2.75, 3.05) is 16.9 Å². The maximum Gasteiger partial charge on any atom is 0.255 e. The van der Waals surface area contributed by atoms with Gasteiger partial charge in [-0.25, -0.2) is 4.68 Å². The molecule has 2 N–H and O–H groups in total. The number of hydrogen-bond acceptors (Lipinski definition) is 5. The summed E-state index contributed by atoms with van der Waals surface area (Å²) in [5.74, 6) is 0.403. The van der Waals surface area contributed by atoms with Gasteiger partial charge in [0.1, 0.15) is 6.04 Å². The Hall–Kier alpha value is -2.29. The van der Waals surface area contributed by atoms with E-state index in [1.165, 1.54) is 11.8 Å². The lowest BCUT2D eigenvalue weighted by atomic mass is 9.95. The van der Waals surface area contributed by atoms with Crippen LogP contribution in [0.5, 0.6) is 0 Å². The zero-order valence-corrected chi connectivity index (χ0v) is 18.8. The van der Waals surface area contributed by atoms with Gasteiger partial charge < -0.3 is 10.6 Å². The highest BCUT2D eigenvalue weighted by atomic mass is 79.9. The molecule has 6 nitrogen and oxygen atoms in total. The number of halogens is 2. The van der Waals surface area contributed by atoms with Crippen molar-refractivity contribution >= 4 is 56.8 Å². The number of fused-ring (bicyclic) bond motifs is 1. The van der Waals surface area contributed by atoms with Crippen molar-refractivity contribution in [3.8, 4) is 0 Å². The Bertz CT molecular complexity index is 1100. The Morgan fingerprint density at radius 3 is 2.55 bits per heavy atom. The minimum Gasteiger partial charge on any atom is -0.328 e. The number of hydrogen-bond donors (Lipinski definition) is 2. The van der Waals surface area contributed by atoms with Crippen LogP contribution in [-0.4, -0.2) is 26.9 Å². The molecule has 0 radical (unpaired) electrons. The van der Waals surface area contributed by atoms with Gasteiger partial charge in [0.2, 0.25) is 11.1 Å². The first-order valence-electron chi connectivity index (χ1n) is 8.77. The first-order chi connectivity index (χ1) is 14.0. The number of benzene rings is 2. The second kappa shape index (κ2) is 8.22. The molecule has 1 aliphatic rings. The van der Waals surface area contributed by atoms with E-state index in [2.05, 4.69) is 36.6 Å². The van der Waals surface area contributed by atoms with Crippen molar-refractivity contribution < 1.29 is 4.79 Å². The number of carbonyl (C=O) groups excluding carboxylic acids is 1. The summed E-state index contributed by atoms with van der Waals surface area (Å²) in [6.07, 6.45) is 1.92. The van der Waals surface area contributed by atoms with Crippen molar-refractivity contribution in [3.63, 3.8) is 0 Å². The molecule has 148 valence electrons. The molecule has 0 fully saturated rings. The number of nitrogens with zero attached hydrogens (tertiary/aromatic N) is 3. The van der Waals surface area contributed by atoms with E-state index in [4.69, 9.17) is 11.6 Å². The van der Waals surface area contributed by atoms with E-state index < -0.39 is 6.04 Å². The first kappa shape index (κ1) is 20.0. The van der Waals surface area contributed by atoms with Gasteiger partial charge in [0, 0.05) is 20.9 Å². The molecule has 2 heterocycles. The molecule has 9 heteroatoms. The molecule has 1 unspecified atom stereocenters. The van der Waals surface area contributed by atoms with Gasteiger partial charge >= 0.3 is 0 Å². The number of rotatable bonds is 4. The number of allylic oxidation sites excluding steroid dienone is 1. The van der Waals surface area contributed by atoms with Crippen LogP contribution in [-0.2, 0) is 4.79 Å². The van der Waals surface area contributed by atoms with Crippen LogP contribution in [0.2, 0.25) is 5.02 Å². The fourth-order valence-electron chi connectivity index (χ4n) is 3.20. The van der Waals surface area contributed by atoms with Crippen LogP contribution >= 0.6 is 39.3 Å². The molecule has 2 aromatic carbocycles. The van der Waals surface area contributed by atoms with Crippen LogP contribution in [0.4, 0.5) is 11.6 Å². The number of carbonyl (C=O) groups is 1. The van der Waals surface area contributed by atoms with Gasteiger partial charge in [-0.05, 0) is 55.1 Å². The zero-order valence-electron chi connectivity index (χ0n) is 15.6. The highest BCUT2D eigenvalue weighted by Crippen LogP contribution is 2.36. The molecule has 29 heavy (non-hydrogen) atoms. The molecule has 4 rings (SSSR count). The minimum atomic E-state index is -0.403. The van der Waals surface area contributed by atoms with Crippen molar-refractivity contribution in [2.24, 2.45) is 0 Å². The molecule has 0 bridgehead atoms. The third-order valence-corrected chi connectivity index (χ3v) is 5.87. The van der Waals surface area contributed by atoms with Gasteiger partial charge in [-0.1, -0.05) is 51.4 Å². The maximum atomic E-state index is 13.3. The van der Waals surface area contributed by atoms with Crippen molar-refractivity contribution in [2.45, 2.75) is 18.1 Å². The lowest BCUT2D eigenvalue weighted by Gasteiger charge is -2.28. The second-order valence-electron chi connectivity index (χ2n) is 6.45. The molecule has 0 saturated heterocycles. The molecular weight excluding hydrogens is 474 g/mol. The van der Waals surface area contributed by atoms with E-state index in [9.17, 15) is 4.79 Å². The number of aromatic nitrogens is 3. The Balaban J connectivity index is 1.77. The number of nitrogens with one attached hydrogen (secondary N) is 2. The smallest absolute Gasteiger partial charge is 0.255 e. The SMILES string of the molecule is CSc1nc2n(n1)C(c1ccc(Br)cc1)C(C(=O)Nc1ccc(Cl)cc1)=C(C)N2. The summed E-state index contributed by atoms with van der Waals surface area (Å²) in [7, 11) is 0. The van der Waals surface area contributed by atoms with E-state index >= 15 is 0 Å². The summed E-state index contributed by atoms with van der Waals surface area (Å²) in [5, 5.41) is 12.0. The monoisotopic (exact) mass is 489 g/mol. The molecule has 1 aromatic heterocycles. The molecule has 3 aromatic rings. The molecule has 0 aliphatic carbocycles. The zero-order chi connectivity index (χ0) is 20.5. The molecule has 0 spiro atoms. The van der Waals surface area contributed by atoms with Gasteiger partial charge in [0.05, 0.1) is 5.57 Å². The van der Waals surface area contributed by atoms with E-state index in [-0.39, 0.29) is 5.91 Å². The summed E-state index contributed by atoms with van der Waals surface area (Å²) in [6, 6.07) is 14.5. The number of anilines is 2. The van der Waals surface area contributed by atoms with Crippen LogP contribution in [0, 0.1) is 0 Å². The Morgan fingerprint density at radius 1 is 1.21 bits per heavy atom. The van der Waals surface area contributed by atoms with Gasteiger partial charge in [-0.3, -0.25) is 4.79 Å². The third kappa shape index (κ3) is 4.05. The highest BCUT2D eigenvalue weighted by molar-refractivity contribution is 9.10. The van der Waals surface area contributed by atoms with E-state index in [0.717, 1.165) is 15.7 Å². The highest BCUT2D eigenvalue weighted by Gasteiger charge is 2.34. The Morgan fingerprint density at radius 2 is 1.90 bits per heavy atom. The van der Waals surface area contributed by atoms with Crippen molar-refractivity contribution in [1.29, 1.82) is 0 Å². The summed E-state index contributed by atoms with van der Waals surface area (Å²) < 4.78 is 2.73. The maximum absolute atomic E-state index is 13.3. The second-order valence-corrected chi connectivity index (χ2v) is 8.57. The van der Waals surface area contributed by atoms with Crippen LogP contribution in [0.25, 0.3) is 0 Å². The van der Waals surface area contributed by atoms with Gasteiger partial charge in [-0.15, -0.1) is 5.10 Å². The fraction of sp³-hybridized carbons (Fsp3) is 0.150. The van der Waals surface area contributed by atoms with E-state index in [1.807, 2.05) is 37.4 Å². The van der Waals surface area contributed by atoms with E-state index in [0.29, 0.717) is 27.4 Å². The minimum absolute atomic E-state index is 0.211. The fourth-order valence-corrected chi connectivity index (χ4v) is 3.93. The van der Waals surface area contributed by atoms with Crippen LogP contribution in [0.3, 0.4) is 0 Å². The van der Waals surface area contributed by atoms with Gasteiger partial charge in [-0.2, -0.15) is 4.98 Å². The predicted molar refractivity (Wildman–Crippen MR) is 120 cm³/mol. The average Bonchev–Trinajstić information content (AvgIpc) is 3.12. The molecule has 0 saturated carbocycles. The standard InChI is InChI=1S/C20H17BrClN5OS/c1-11-16(18(28)24-15-9-7-14(22)8-10-15)17(12-3-5-13(21)6-4-12)27-19(23-11)25-20(26-27)29-2/h3-10,17H,1-2H3,(H,24,28)(H,23,25,26). The average molecular weight is 491 g/mol. The topological polar surface area (TPSA) is 71.8 Å². The Kier molecular flexibility index (Phi) is 5.67. The third-order valence-electron chi connectivity index (χ3n) is 4.55. The van der Waals surface area contributed by atoms with Crippen molar-refractivity contribution in [1.82, 2.24) is 14.8 Å². The molecule has 1 aliphatic heterocycles. The normalized spacial score (nSPS) is 15.7. The summed E-state index contributed by atoms with van der Waals surface area (Å²) in [5.41, 5.74) is 2.92. The summed E-state index contributed by atoms with van der Waals surface area (Å²) in [4.78, 5) is 17.8. The number of amides is 1. The molecule has 1 amide bonds. The summed E-state index contributed by atoms with van der Waals surface area (Å²) in [6.45, 7) is 1.87. The van der Waals surface area contributed by atoms with Crippen molar-refractivity contribution in [3.05, 3.63) is 74.9 Å². The van der Waals surface area contributed by atoms with E-state index in [1.54, 1.807) is 28.9 Å². The quantitative estimate of drug-likeness (QED) is 0.483. The van der Waals surface area contributed by atoms with Gasteiger partial charge in [0.25, 0.3) is 5.91 Å². The molecular formula is C20H17BrClN5OS. The first-order valence-corrected chi connectivity index (χ1v) is 11.2. The number of thioether (sulfide) groups is 1. The predicted octanol–water partition coefficient (Wildman–Crippen LogP) is 5.34. The Labute approximate surface area is 185 Å².